The average Bonchev–Trinajstić information content (AvgIpc) is 2.39. The van der Waals surface area contributed by atoms with E-state index >= 15 is 0 Å². The van der Waals surface area contributed by atoms with Crippen LogP contribution in [0.25, 0.3) is 16.3 Å². The minimum absolute atomic E-state index is 0.0694. The van der Waals surface area contributed by atoms with Crippen molar-refractivity contribution in [1.29, 1.82) is 0 Å². The van der Waals surface area contributed by atoms with Gasteiger partial charge in [0.25, 0.3) is 0 Å². The Hall–Kier alpha value is -1.89. The smallest absolute Gasteiger partial charge is 0.190 e. The summed E-state index contributed by atoms with van der Waals surface area (Å²) in [5.41, 5.74) is 4.01. The standard InChI is InChI=1S/C21H24O/c1-20(2,3)17-14-11-7-9-13-10-8-12-15(16(13)14)19(22)18(17)21(4,5)6/h7-12H,1-6H3. The molecule has 0 unspecified atom stereocenters. The van der Waals surface area contributed by atoms with Gasteiger partial charge in [0, 0.05) is 16.5 Å². The third kappa shape index (κ3) is 2.11. The number of carbonyl (C=O) groups is 1. The molecule has 1 heteroatoms. The Labute approximate surface area is 133 Å². The first-order valence-electron chi connectivity index (χ1n) is 7.94. The summed E-state index contributed by atoms with van der Waals surface area (Å²) in [5, 5.41) is 2.27. The van der Waals surface area contributed by atoms with Crippen molar-refractivity contribution >= 4 is 22.1 Å². The minimum Gasteiger partial charge on any atom is -0.289 e. The molecular formula is C21H24O. The Kier molecular flexibility index (Phi) is 3.11. The van der Waals surface area contributed by atoms with Crippen LogP contribution >= 0.6 is 0 Å². The van der Waals surface area contributed by atoms with E-state index in [1.165, 1.54) is 11.1 Å². The summed E-state index contributed by atoms with van der Waals surface area (Å²) >= 11 is 0. The van der Waals surface area contributed by atoms with E-state index in [0.29, 0.717) is 0 Å². The minimum atomic E-state index is -0.171. The van der Waals surface area contributed by atoms with Crippen molar-refractivity contribution in [3.05, 3.63) is 53.1 Å². The predicted molar refractivity (Wildman–Crippen MR) is 94.1 cm³/mol. The number of benzene rings is 2. The van der Waals surface area contributed by atoms with Gasteiger partial charge in [0.05, 0.1) is 0 Å². The zero-order valence-electron chi connectivity index (χ0n) is 14.4. The highest BCUT2D eigenvalue weighted by molar-refractivity contribution is 6.25. The highest BCUT2D eigenvalue weighted by atomic mass is 16.1. The van der Waals surface area contributed by atoms with Crippen molar-refractivity contribution in [3.63, 3.8) is 0 Å². The van der Waals surface area contributed by atoms with E-state index in [2.05, 4.69) is 65.8 Å². The molecular weight excluding hydrogens is 268 g/mol. The van der Waals surface area contributed by atoms with Crippen molar-refractivity contribution in [2.75, 3.05) is 0 Å². The zero-order valence-corrected chi connectivity index (χ0v) is 14.4. The lowest BCUT2D eigenvalue weighted by Crippen LogP contribution is -2.27. The molecule has 0 fully saturated rings. The van der Waals surface area contributed by atoms with Gasteiger partial charge in [0.2, 0.25) is 0 Å². The normalized spacial score (nSPS) is 15.6. The van der Waals surface area contributed by atoms with Crippen molar-refractivity contribution in [3.8, 4) is 0 Å². The van der Waals surface area contributed by atoms with E-state index in [1.54, 1.807) is 0 Å². The molecule has 0 spiro atoms. The number of carbonyl (C=O) groups excluding carboxylic acids is 1. The summed E-state index contributed by atoms with van der Waals surface area (Å²) in [6, 6.07) is 12.4. The summed E-state index contributed by atoms with van der Waals surface area (Å²) < 4.78 is 0. The van der Waals surface area contributed by atoms with Gasteiger partial charge in [-0.3, -0.25) is 4.79 Å². The van der Waals surface area contributed by atoms with Crippen LogP contribution in [0, 0.1) is 10.8 Å². The van der Waals surface area contributed by atoms with Crippen molar-refractivity contribution < 1.29 is 4.79 Å². The number of rotatable bonds is 0. The second-order valence-electron chi connectivity index (χ2n) is 8.29. The number of Topliss-reactive ketones (excluding diaryl/α,β-unsaturated/α-hetero) is 1. The molecule has 0 aromatic heterocycles. The van der Waals surface area contributed by atoms with Crippen LogP contribution in [0.5, 0.6) is 0 Å². The molecule has 2 aromatic rings. The Morgan fingerprint density at radius 1 is 0.682 bits per heavy atom. The van der Waals surface area contributed by atoms with Gasteiger partial charge in [-0.25, -0.2) is 0 Å². The number of allylic oxidation sites excluding steroid dienone is 2. The fraction of sp³-hybridized carbons (Fsp3) is 0.381. The summed E-state index contributed by atoms with van der Waals surface area (Å²) in [7, 11) is 0. The molecule has 0 radical (unpaired) electrons. The molecule has 0 amide bonds. The third-order valence-electron chi connectivity index (χ3n) is 4.40. The van der Waals surface area contributed by atoms with Gasteiger partial charge in [-0.15, -0.1) is 0 Å². The van der Waals surface area contributed by atoms with Crippen molar-refractivity contribution in [1.82, 2.24) is 0 Å². The highest BCUT2D eigenvalue weighted by Gasteiger charge is 2.38. The fourth-order valence-electron chi connectivity index (χ4n) is 3.62. The summed E-state index contributed by atoms with van der Waals surface area (Å²) in [4.78, 5) is 13.2. The Balaban J connectivity index is 2.53. The first-order chi connectivity index (χ1) is 10.1. The van der Waals surface area contributed by atoms with Crippen LogP contribution in [0.2, 0.25) is 0 Å². The van der Waals surface area contributed by atoms with E-state index in [1.807, 2.05) is 12.1 Å². The van der Waals surface area contributed by atoms with Gasteiger partial charge >= 0.3 is 0 Å². The zero-order chi connectivity index (χ0) is 16.3. The molecule has 0 saturated heterocycles. The van der Waals surface area contributed by atoms with Gasteiger partial charge in [-0.1, -0.05) is 77.9 Å². The second-order valence-corrected chi connectivity index (χ2v) is 8.29. The Morgan fingerprint density at radius 3 is 1.68 bits per heavy atom. The maximum absolute atomic E-state index is 13.2. The summed E-state index contributed by atoms with van der Waals surface area (Å²) in [6.07, 6.45) is 0. The van der Waals surface area contributed by atoms with Crippen molar-refractivity contribution in [2.24, 2.45) is 10.8 Å². The average molecular weight is 292 g/mol. The maximum atomic E-state index is 13.2. The number of hydrogen-bond acceptors (Lipinski definition) is 1. The molecule has 1 nitrogen and oxygen atoms in total. The molecule has 1 aliphatic carbocycles. The molecule has 0 atom stereocenters. The van der Waals surface area contributed by atoms with E-state index in [9.17, 15) is 4.79 Å². The molecule has 0 heterocycles. The lowest BCUT2D eigenvalue weighted by atomic mass is 9.66. The molecule has 1 aliphatic rings. The number of hydrogen-bond donors (Lipinski definition) is 0. The van der Waals surface area contributed by atoms with Gasteiger partial charge in [-0.2, -0.15) is 0 Å². The van der Waals surface area contributed by atoms with E-state index in [4.69, 9.17) is 0 Å². The largest absolute Gasteiger partial charge is 0.289 e. The molecule has 22 heavy (non-hydrogen) atoms. The molecule has 2 aromatic carbocycles. The lowest BCUT2D eigenvalue weighted by Gasteiger charge is -2.36. The van der Waals surface area contributed by atoms with Crippen LogP contribution in [0.4, 0.5) is 0 Å². The Bertz CT molecular complexity index is 803. The monoisotopic (exact) mass is 292 g/mol. The first kappa shape index (κ1) is 15.0. The first-order valence-corrected chi connectivity index (χ1v) is 7.94. The van der Waals surface area contributed by atoms with Crippen LogP contribution in [-0.2, 0) is 0 Å². The van der Waals surface area contributed by atoms with E-state index in [-0.39, 0.29) is 16.6 Å². The molecule has 0 saturated carbocycles. The Morgan fingerprint density at radius 2 is 1.18 bits per heavy atom. The summed E-state index contributed by atoms with van der Waals surface area (Å²) in [5.74, 6) is 0.196. The molecule has 114 valence electrons. The highest BCUT2D eigenvalue weighted by Crippen LogP contribution is 2.49. The third-order valence-corrected chi connectivity index (χ3v) is 4.40. The van der Waals surface area contributed by atoms with Crippen LogP contribution in [0.1, 0.15) is 57.5 Å². The lowest BCUT2D eigenvalue weighted by molar-refractivity contribution is 0.101. The van der Waals surface area contributed by atoms with E-state index in [0.717, 1.165) is 21.9 Å². The van der Waals surface area contributed by atoms with Crippen LogP contribution < -0.4 is 0 Å². The summed E-state index contributed by atoms with van der Waals surface area (Å²) in [6.45, 7) is 13.0. The molecule has 3 rings (SSSR count). The molecule has 0 bridgehead atoms. The van der Waals surface area contributed by atoms with Gasteiger partial charge in [-0.05, 0) is 27.4 Å². The molecule has 0 N–H and O–H groups in total. The van der Waals surface area contributed by atoms with Crippen LogP contribution in [-0.4, -0.2) is 5.78 Å². The topological polar surface area (TPSA) is 17.1 Å². The van der Waals surface area contributed by atoms with E-state index < -0.39 is 0 Å². The van der Waals surface area contributed by atoms with Gasteiger partial charge in [0.15, 0.2) is 5.78 Å². The van der Waals surface area contributed by atoms with Crippen LogP contribution in [0.15, 0.2) is 42.0 Å². The fourth-order valence-corrected chi connectivity index (χ4v) is 3.62. The predicted octanol–water partition coefficient (Wildman–Crippen LogP) is 5.88. The van der Waals surface area contributed by atoms with Crippen LogP contribution in [0.3, 0.4) is 0 Å². The van der Waals surface area contributed by atoms with Gasteiger partial charge in [0.1, 0.15) is 0 Å². The second kappa shape index (κ2) is 4.55. The van der Waals surface area contributed by atoms with Gasteiger partial charge < -0.3 is 0 Å². The van der Waals surface area contributed by atoms with Crippen molar-refractivity contribution in [2.45, 2.75) is 41.5 Å². The SMILES string of the molecule is CC(C)(C)C1=C(C(C)(C)C)c2cccc3cccc(c23)C1=O. The maximum Gasteiger partial charge on any atom is 0.190 e. The quantitative estimate of drug-likeness (QED) is 0.592. The molecule has 0 aliphatic heterocycles. The number of ketones is 1.